The lowest BCUT2D eigenvalue weighted by molar-refractivity contribution is 0.0465. The van der Waals surface area contributed by atoms with Gasteiger partial charge in [0.2, 0.25) is 0 Å². The van der Waals surface area contributed by atoms with Crippen molar-refractivity contribution >= 4 is 0 Å². The van der Waals surface area contributed by atoms with Crippen molar-refractivity contribution in [3.8, 4) is 5.75 Å². The summed E-state index contributed by atoms with van der Waals surface area (Å²) < 4.78 is 7.03. The molecule has 0 aliphatic carbocycles. The Labute approximate surface area is 89.0 Å². The molecule has 1 aliphatic rings. The summed E-state index contributed by atoms with van der Waals surface area (Å²) in [5.41, 5.74) is -0.0461. The second kappa shape index (κ2) is 3.83. The molecule has 1 unspecified atom stereocenters. The Balaban J connectivity index is 2.43. The van der Waals surface area contributed by atoms with Crippen LogP contribution < -0.4 is 10.1 Å². The number of aromatic nitrogens is 2. The molecular weight excluding hydrogens is 194 g/mol. The van der Waals surface area contributed by atoms with Gasteiger partial charge in [-0.15, -0.1) is 0 Å². The van der Waals surface area contributed by atoms with Gasteiger partial charge in [-0.05, 0) is 19.9 Å². The maximum Gasteiger partial charge on any atom is 0.162 e. The van der Waals surface area contributed by atoms with Crippen LogP contribution in [0.5, 0.6) is 5.75 Å². The van der Waals surface area contributed by atoms with Crippen molar-refractivity contribution in [3.63, 3.8) is 0 Å². The molecule has 84 valence electrons. The highest BCUT2D eigenvalue weighted by Crippen LogP contribution is 2.34. The fourth-order valence-electron chi connectivity index (χ4n) is 2.11. The van der Waals surface area contributed by atoms with Gasteiger partial charge in [0.25, 0.3) is 0 Å². The molecule has 2 N–H and O–H groups in total. The summed E-state index contributed by atoms with van der Waals surface area (Å²) in [4.78, 5) is 0. The van der Waals surface area contributed by atoms with Crippen molar-refractivity contribution in [2.45, 2.75) is 25.5 Å². The molecule has 0 radical (unpaired) electrons. The topological polar surface area (TPSA) is 59.3 Å². The zero-order valence-corrected chi connectivity index (χ0v) is 9.16. The number of nitrogens with one attached hydrogen (secondary N) is 1. The number of aliphatic hydroxyl groups is 1. The van der Waals surface area contributed by atoms with E-state index in [-0.39, 0.29) is 0 Å². The Morgan fingerprint density at radius 2 is 2.53 bits per heavy atom. The second-order valence-electron chi connectivity index (χ2n) is 3.84. The Bertz CT molecular complexity index is 321. The van der Waals surface area contributed by atoms with Gasteiger partial charge in [-0.25, -0.2) is 0 Å². The van der Waals surface area contributed by atoms with Crippen LogP contribution in [0.25, 0.3) is 0 Å². The van der Waals surface area contributed by atoms with Crippen LogP contribution in [0.4, 0.5) is 0 Å². The highest BCUT2D eigenvalue weighted by Gasteiger charge is 2.38. The monoisotopic (exact) mass is 211 g/mol. The van der Waals surface area contributed by atoms with Crippen molar-refractivity contribution in [3.05, 3.63) is 11.9 Å². The summed E-state index contributed by atoms with van der Waals surface area (Å²) >= 11 is 0. The minimum Gasteiger partial charge on any atom is -0.493 e. The Hall–Kier alpha value is -1.07. The zero-order valence-electron chi connectivity index (χ0n) is 9.16. The van der Waals surface area contributed by atoms with E-state index < -0.39 is 5.60 Å². The molecule has 0 aromatic carbocycles. The minimum atomic E-state index is -0.835. The van der Waals surface area contributed by atoms with Crippen molar-refractivity contribution in [2.75, 3.05) is 20.2 Å². The van der Waals surface area contributed by atoms with E-state index in [0.29, 0.717) is 18.7 Å². The van der Waals surface area contributed by atoms with E-state index in [2.05, 4.69) is 10.4 Å². The molecule has 5 heteroatoms. The van der Waals surface area contributed by atoms with E-state index in [1.807, 2.05) is 6.92 Å². The van der Waals surface area contributed by atoms with Gasteiger partial charge in [-0.1, -0.05) is 0 Å². The first-order valence-corrected chi connectivity index (χ1v) is 5.24. The molecular formula is C10H17N3O2. The first-order chi connectivity index (χ1) is 7.21. The van der Waals surface area contributed by atoms with Gasteiger partial charge >= 0.3 is 0 Å². The predicted octanol–water partition coefficient (Wildman–Crippen LogP) is 0.0925. The molecule has 15 heavy (non-hydrogen) atoms. The van der Waals surface area contributed by atoms with Gasteiger partial charge in [0, 0.05) is 13.1 Å². The standard InChI is InChI=1S/C10H17N3O2/c1-3-13-9(8(15-2)6-12-13)10(14)4-5-11-7-10/h6,11,14H,3-5,7H2,1-2H3. The van der Waals surface area contributed by atoms with E-state index in [0.717, 1.165) is 18.8 Å². The van der Waals surface area contributed by atoms with Gasteiger partial charge in [0.1, 0.15) is 11.3 Å². The van der Waals surface area contributed by atoms with E-state index in [1.165, 1.54) is 0 Å². The first kappa shape index (κ1) is 10.4. The normalized spacial score (nSPS) is 25.8. The number of β-amino-alcohol motifs (C(OH)–C–C–N with tert-alkyl or cyclic N) is 1. The van der Waals surface area contributed by atoms with E-state index in [1.54, 1.807) is 18.0 Å². The van der Waals surface area contributed by atoms with Crippen molar-refractivity contribution in [1.29, 1.82) is 0 Å². The van der Waals surface area contributed by atoms with Crippen LogP contribution in [0.1, 0.15) is 19.0 Å². The van der Waals surface area contributed by atoms with Crippen LogP contribution in [0, 0.1) is 0 Å². The molecule has 5 nitrogen and oxygen atoms in total. The fraction of sp³-hybridized carbons (Fsp3) is 0.700. The molecule has 0 amide bonds. The fourth-order valence-corrected chi connectivity index (χ4v) is 2.11. The highest BCUT2D eigenvalue weighted by atomic mass is 16.5. The van der Waals surface area contributed by atoms with Gasteiger partial charge in [-0.2, -0.15) is 5.10 Å². The minimum absolute atomic E-state index is 0.565. The molecule has 1 aromatic heterocycles. The summed E-state index contributed by atoms with van der Waals surface area (Å²) in [5.74, 6) is 0.669. The van der Waals surface area contributed by atoms with Gasteiger partial charge < -0.3 is 15.2 Å². The third kappa shape index (κ3) is 1.61. The second-order valence-corrected chi connectivity index (χ2v) is 3.84. The molecule has 1 aromatic rings. The molecule has 1 fully saturated rings. The molecule has 0 saturated carbocycles. The smallest absolute Gasteiger partial charge is 0.162 e. The van der Waals surface area contributed by atoms with Crippen LogP contribution in [0.3, 0.4) is 0 Å². The van der Waals surface area contributed by atoms with Crippen molar-refractivity contribution in [1.82, 2.24) is 15.1 Å². The summed E-state index contributed by atoms with van der Waals surface area (Å²) in [6.07, 6.45) is 2.37. The number of rotatable bonds is 3. The maximum atomic E-state index is 10.5. The maximum absolute atomic E-state index is 10.5. The molecule has 0 bridgehead atoms. The Morgan fingerprint density at radius 1 is 1.73 bits per heavy atom. The number of ether oxygens (including phenoxy) is 1. The Kier molecular flexibility index (Phi) is 2.67. The molecule has 2 heterocycles. The molecule has 1 atom stereocenters. The first-order valence-electron chi connectivity index (χ1n) is 5.24. The third-order valence-electron chi connectivity index (χ3n) is 2.90. The van der Waals surface area contributed by atoms with Crippen LogP contribution in [0.15, 0.2) is 6.20 Å². The number of aryl methyl sites for hydroxylation is 1. The van der Waals surface area contributed by atoms with Crippen LogP contribution >= 0.6 is 0 Å². The average Bonchev–Trinajstić information content (AvgIpc) is 2.83. The lowest BCUT2D eigenvalue weighted by Gasteiger charge is -2.23. The zero-order chi connectivity index (χ0) is 10.9. The van der Waals surface area contributed by atoms with Crippen molar-refractivity contribution in [2.24, 2.45) is 0 Å². The number of hydrogen-bond acceptors (Lipinski definition) is 4. The van der Waals surface area contributed by atoms with Gasteiger partial charge in [0.15, 0.2) is 5.75 Å². The number of methoxy groups -OCH3 is 1. The summed E-state index contributed by atoms with van der Waals surface area (Å²) in [5, 5.41) is 17.8. The SMILES string of the molecule is CCn1ncc(OC)c1C1(O)CCNC1. The number of nitrogens with zero attached hydrogens (tertiary/aromatic N) is 2. The number of hydrogen-bond donors (Lipinski definition) is 2. The third-order valence-corrected chi connectivity index (χ3v) is 2.90. The van der Waals surface area contributed by atoms with Gasteiger partial charge in [-0.3, -0.25) is 4.68 Å². The molecule has 0 spiro atoms. The lowest BCUT2D eigenvalue weighted by atomic mass is 9.98. The average molecular weight is 211 g/mol. The molecule has 2 rings (SSSR count). The summed E-state index contributed by atoms with van der Waals surface area (Å²) in [6, 6.07) is 0. The van der Waals surface area contributed by atoms with E-state index in [4.69, 9.17) is 4.74 Å². The predicted molar refractivity (Wildman–Crippen MR) is 55.8 cm³/mol. The summed E-state index contributed by atoms with van der Waals surface area (Å²) in [7, 11) is 1.60. The van der Waals surface area contributed by atoms with Crippen LogP contribution in [-0.2, 0) is 12.1 Å². The lowest BCUT2D eigenvalue weighted by Crippen LogP contribution is -2.31. The van der Waals surface area contributed by atoms with Crippen molar-refractivity contribution < 1.29 is 9.84 Å². The molecule has 1 aliphatic heterocycles. The van der Waals surface area contributed by atoms with E-state index >= 15 is 0 Å². The van der Waals surface area contributed by atoms with Crippen LogP contribution in [0.2, 0.25) is 0 Å². The highest BCUT2D eigenvalue weighted by molar-refractivity contribution is 5.32. The quantitative estimate of drug-likeness (QED) is 0.744. The van der Waals surface area contributed by atoms with Crippen LogP contribution in [-0.4, -0.2) is 35.1 Å². The Morgan fingerprint density at radius 3 is 3.07 bits per heavy atom. The largest absolute Gasteiger partial charge is 0.493 e. The summed E-state index contributed by atoms with van der Waals surface area (Å²) in [6.45, 7) is 4.13. The van der Waals surface area contributed by atoms with Gasteiger partial charge in [0.05, 0.1) is 13.3 Å². The molecule has 1 saturated heterocycles. The van der Waals surface area contributed by atoms with E-state index in [9.17, 15) is 5.11 Å².